The van der Waals surface area contributed by atoms with E-state index in [1.54, 1.807) is 12.1 Å². The number of hydrogen-bond acceptors (Lipinski definition) is 6. The van der Waals surface area contributed by atoms with Gasteiger partial charge in [-0.15, -0.1) is 0 Å². The zero-order valence-corrected chi connectivity index (χ0v) is 16.6. The second-order valence-electron chi connectivity index (χ2n) is 6.04. The summed E-state index contributed by atoms with van der Waals surface area (Å²) in [6.07, 6.45) is -0.0982. The minimum Gasteiger partial charge on any atom is -0.476 e. The van der Waals surface area contributed by atoms with E-state index in [4.69, 9.17) is 21.1 Å². The van der Waals surface area contributed by atoms with Crippen molar-refractivity contribution in [3.8, 4) is 5.75 Å². The number of anilines is 2. The van der Waals surface area contributed by atoms with E-state index in [0.717, 1.165) is 10.6 Å². The lowest BCUT2D eigenvalue weighted by Gasteiger charge is -2.34. The van der Waals surface area contributed by atoms with Crippen LogP contribution in [0.15, 0.2) is 42.5 Å². The summed E-state index contributed by atoms with van der Waals surface area (Å²) >= 11 is 5.96. The van der Waals surface area contributed by atoms with E-state index in [2.05, 4.69) is 5.32 Å². The lowest BCUT2D eigenvalue weighted by atomic mass is 10.1. The summed E-state index contributed by atoms with van der Waals surface area (Å²) in [6.45, 7) is -0.238. The summed E-state index contributed by atoms with van der Waals surface area (Å²) in [5.41, 5.74) is 0.658. The fraction of sp³-hybridized carbons (Fsp3) is 0.222. The van der Waals surface area contributed by atoms with Crippen molar-refractivity contribution in [3.63, 3.8) is 0 Å². The third kappa shape index (κ3) is 4.05. The number of nitrogens with zero attached hydrogens (tertiary/aromatic N) is 1. The summed E-state index contributed by atoms with van der Waals surface area (Å²) < 4.78 is 35.9. The molecule has 28 heavy (non-hydrogen) atoms. The van der Waals surface area contributed by atoms with E-state index in [0.29, 0.717) is 5.02 Å². The zero-order chi connectivity index (χ0) is 20.5. The van der Waals surface area contributed by atoms with Gasteiger partial charge in [0.2, 0.25) is 10.0 Å². The van der Waals surface area contributed by atoms with Gasteiger partial charge in [-0.1, -0.05) is 23.7 Å². The molecule has 0 saturated heterocycles. The van der Waals surface area contributed by atoms with Crippen molar-refractivity contribution in [2.45, 2.75) is 6.10 Å². The van der Waals surface area contributed by atoms with Crippen molar-refractivity contribution in [1.82, 2.24) is 0 Å². The van der Waals surface area contributed by atoms with Crippen molar-refractivity contribution < 1.29 is 27.5 Å². The van der Waals surface area contributed by atoms with Gasteiger partial charge in [0.15, 0.2) is 6.10 Å². The molecule has 1 aliphatic rings. The molecule has 0 fully saturated rings. The van der Waals surface area contributed by atoms with Crippen molar-refractivity contribution in [2.24, 2.45) is 0 Å². The maximum Gasteiger partial charge on any atom is 0.339 e. The first-order valence-corrected chi connectivity index (χ1v) is 10.4. The van der Waals surface area contributed by atoms with Crippen LogP contribution in [0.5, 0.6) is 5.75 Å². The predicted molar refractivity (Wildman–Crippen MR) is 104 cm³/mol. The molecule has 1 amide bonds. The molecule has 1 atom stereocenters. The molecule has 148 valence electrons. The first-order chi connectivity index (χ1) is 13.2. The van der Waals surface area contributed by atoms with Gasteiger partial charge in [-0.05, 0) is 30.3 Å². The van der Waals surface area contributed by atoms with Crippen LogP contribution >= 0.6 is 11.6 Å². The topological polar surface area (TPSA) is 102 Å². The fourth-order valence-corrected chi connectivity index (χ4v) is 3.84. The summed E-state index contributed by atoms with van der Waals surface area (Å²) in [4.78, 5) is 24.6. The molecule has 0 radical (unpaired) electrons. The predicted octanol–water partition coefficient (Wildman–Crippen LogP) is 2.29. The number of ether oxygens (including phenoxy) is 2. The molecule has 8 nitrogen and oxygen atoms in total. The van der Waals surface area contributed by atoms with Gasteiger partial charge in [-0.3, -0.25) is 9.10 Å². The molecule has 2 aromatic rings. The number of carbonyl (C=O) groups is 2. The molecule has 0 aromatic heterocycles. The number of amides is 1. The second-order valence-corrected chi connectivity index (χ2v) is 8.38. The van der Waals surface area contributed by atoms with Gasteiger partial charge < -0.3 is 14.8 Å². The molecule has 1 unspecified atom stereocenters. The first-order valence-electron chi connectivity index (χ1n) is 8.13. The molecule has 10 heteroatoms. The molecular formula is C18H17ClN2O6S. The number of hydrogen-bond donors (Lipinski definition) is 1. The SMILES string of the molecule is COC(=O)c1ccccc1NC(=O)C1CN(S(C)(=O)=O)c2cc(Cl)ccc2O1. The Morgan fingerprint density at radius 1 is 1.25 bits per heavy atom. The number of esters is 1. The normalized spacial score (nSPS) is 16.0. The molecular weight excluding hydrogens is 408 g/mol. The van der Waals surface area contributed by atoms with Crippen molar-refractivity contribution in [1.29, 1.82) is 0 Å². The first kappa shape index (κ1) is 20.0. The highest BCUT2D eigenvalue weighted by Gasteiger charge is 2.35. The number of carbonyl (C=O) groups excluding carboxylic acids is 2. The number of rotatable bonds is 4. The number of fused-ring (bicyclic) bond motifs is 1. The smallest absolute Gasteiger partial charge is 0.339 e. The molecule has 3 rings (SSSR count). The summed E-state index contributed by atoms with van der Waals surface area (Å²) in [6, 6.07) is 10.8. The van der Waals surface area contributed by atoms with Gasteiger partial charge in [-0.25, -0.2) is 13.2 Å². The summed E-state index contributed by atoms with van der Waals surface area (Å²) in [5.74, 6) is -1.01. The van der Waals surface area contributed by atoms with Crippen molar-refractivity contribution in [2.75, 3.05) is 29.5 Å². The van der Waals surface area contributed by atoms with Gasteiger partial charge >= 0.3 is 5.97 Å². The number of para-hydroxylation sites is 1. The van der Waals surface area contributed by atoms with Gasteiger partial charge in [0.05, 0.1) is 36.8 Å². The quantitative estimate of drug-likeness (QED) is 0.755. The van der Waals surface area contributed by atoms with Crippen molar-refractivity contribution in [3.05, 3.63) is 53.1 Å². The molecule has 0 aliphatic carbocycles. The number of sulfonamides is 1. The Kier molecular flexibility index (Phi) is 5.48. The van der Waals surface area contributed by atoms with E-state index in [9.17, 15) is 18.0 Å². The molecule has 2 aromatic carbocycles. The second kappa shape index (κ2) is 7.69. The Morgan fingerprint density at radius 2 is 1.96 bits per heavy atom. The van der Waals surface area contributed by atoms with E-state index in [1.165, 1.54) is 37.4 Å². The van der Waals surface area contributed by atoms with Crippen LogP contribution in [0.1, 0.15) is 10.4 Å². The van der Waals surface area contributed by atoms with Gasteiger partial charge in [0.1, 0.15) is 5.75 Å². The van der Waals surface area contributed by atoms with Crippen LogP contribution in [0.25, 0.3) is 0 Å². The Balaban J connectivity index is 1.90. The van der Waals surface area contributed by atoms with Crippen LogP contribution in [0.2, 0.25) is 5.02 Å². The van der Waals surface area contributed by atoms with Crippen LogP contribution in [0.4, 0.5) is 11.4 Å². The molecule has 0 spiro atoms. The van der Waals surface area contributed by atoms with E-state index >= 15 is 0 Å². The summed E-state index contributed by atoms with van der Waals surface area (Å²) in [7, 11) is -2.45. The zero-order valence-electron chi connectivity index (χ0n) is 15.0. The third-order valence-electron chi connectivity index (χ3n) is 4.07. The molecule has 1 heterocycles. The highest BCUT2D eigenvalue weighted by molar-refractivity contribution is 7.92. The minimum absolute atomic E-state index is 0.168. The standard InChI is InChI=1S/C18H17ClN2O6S/c1-26-18(23)12-5-3-4-6-13(12)20-17(22)16-10-21(28(2,24)25)14-9-11(19)7-8-15(14)27-16/h3-9,16H,10H2,1-2H3,(H,20,22). The minimum atomic E-state index is -3.68. The Bertz CT molecular complexity index is 1040. The number of halogens is 1. The highest BCUT2D eigenvalue weighted by atomic mass is 35.5. The van der Waals surface area contributed by atoms with E-state index in [1.807, 2.05) is 0 Å². The van der Waals surface area contributed by atoms with Gasteiger partial charge in [0.25, 0.3) is 5.91 Å². The highest BCUT2D eigenvalue weighted by Crippen LogP contribution is 2.37. The van der Waals surface area contributed by atoms with Crippen LogP contribution in [0.3, 0.4) is 0 Å². The van der Waals surface area contributed by atoms with E-state index < -0.39 is 28.0 Å². The number of methoxy groups -OCH3 is 1. The van der Waals surface area contributed by atoms with Crippen LogP contribution in [-0.4, -0.2) is 46.3 Å². The number of nitrogens with one attached hydrogen (secondary N) is 1. The Labute approximate surface area is 167 Å². The lowest BCUT2D eigenvalue weighted by Crippen LogP contribution is -2.48. The molecule has 1 aliphatic heterocycles. The van der Waals surface area contributed by atoms with Crippen molar-refractivity contribution >= 4 is 44.9 Å². The van der Waals surface area contributed by atoms with E-state index in [-0.39, 0.29) is 29.2 Å². The monoisotopic (exact) mass is 424 g/mol. The maximum absolute atomic E-state index is 12.7. The maximum atomic E-state index is 12.7. The van der Waals surface area contributed by atoms with Gasteiger partial charge in [-0.2, -0.15) is 0 Å². The largest absolute Gasteiger partial charge is 0.476 e. The average Bonchev–Trinajstić information content (AvgIpc) is 2.66. The van der Waals surface area contributed by atoms with Crippen LogP contribution in [0, 0.1) is 0 Å². The molecule has 1 N–H and O–H groups in total. The molecule has 0 saturated carbocycles. The van der Waals surface area contributed by atoms with Crippen LogP contribution in [-0.2, 0) is 19.6 Å². The van der Waals surface area contributed by atoms with Crippen LogP contribution < -0.4 is 14.4 Å². The molecule has 0 bridgehead atoms. The Morgan fingerprint density at radius 3 is 2.64 bits per heavy atom. The lowest BCUT2D eigenvalue weighted by molar-refractivity contribution is -0.122. The average molecular weight is 425 g/mol. The fourth-order valence-electron chi connectivity index (χ4n) is 2.77. The Hall–Kier alpha value is -2.78. The third-order valence-corrected chi connectivity index (χ3v) is 5.46. The number of benzene rings is 2. The van der Waals surface area contributed by atoms with Gasteiger partial charge in [0, 0.05) is 5.02 Å². The summed E-state index contributed by atoms with van der Waals surface area (Å²) in [5, 5.41) is 2.94.